The minimum Gasteiger partial charge on any atom is -0.337 e. The Morgan fingerprint density at radius 1 is 1.03 bits per heavy atom. The summed E-state index contributed by atoms with van der Waals surface area (Å²) in [6.07, 6.45) is -4.47. The van der Waals surface area contributed by atoms with Crippen molar-refractivity contribution in [1.82, 2.24) is 19.3 Å². The number of nitrogens with zero attached hydrogens (tertiary/aromatic N) is 4. The second-order valence-corrected chi connectivity index (χ2v) is 10.3. The van der Waals surface area contributed by atoms with E-state index in [0.29, 0.717) is 36.6 Å². The highest BCUT2D eigenvalue weighted by atomic mass is 32.2. The minimum absolute atomic E-state index is 0.0732. The Balaban J connectivity index is 1.45. The van der Waals surface area contributed by atoms with Gasteiger partial charge in [0.05, 0.1) is 16.5 Å². The maximum Gasteiger partial charge on any atom is 0.416 e. The first kappa shape index (κ1) is 24.4. The fraction of sp³-hybridized carbons (Fsp3) is 0.391. The van der Waals surface area contributed by atoms with Crippen molar-refractivity contribution in [2.45, 2.75) is 37.9 Å². The van der Waals surface area contributed by atoms with Gasteiger partial charge in [0.25, 0.3) is 0 Å². The van der Waals surface area contributed by atoms with E-state index in [4.69, 9.17) is 4.52 Å². The summed E-state index contributed by atoms with van der Waals surface area (Å²) in [4.78, 5) is 6.63. The summed E-state index contributed by atoms with van der Waals surface area (Å²) in [5.74, 6) is 0.335. The molecule has 7 nitrogen and oxygen atoms in total. The lowest BCUT2D eigenvalue weighted by atomic mass is 10.1. The number of rotatable bonds is 5. The molecular weight excluding hydrogens is 469 g/mol. The van der Waals surface area contributed by atoms with E-state index in [-0.39, 0.29) is 23.3 Å². The van der Waals surface area contributed by atoms with Crippen LogP contribution in [0.5, 0.6) is 0 Å². The first-order valence-corrected chi connectivity index (χ1v) is 12.2. The molecule has 0 radical (unpaired) electrons. The van der Waals surface area contributed by atoms with Gasteiger partial charge in [0.15, 0.2) is 0 Å². The van der Waals surface area contributed by atoms with Crippen LogP contribution in [0.4, 0.5) is 13.2 Å². The maximum absolute atomic E-state index is 13.2. The second-order valence-electron chi connectivity index (χ2n) is 8.42. The Hall–Kier alpha value is -2.76. The smallest absolute Gasteiger partial charge is 0.337 e. The minimum atomic E-state index is -4.47. The van der Waals surface area contributed by atoms with Gasteiger partial charge in [-0.3, -0.25) is 4.90 Å². The normalized spacial score (nSPS) is 17.1. The molecule has 0 N–H and O–H groups in total. The average molecular weight is 495 g/mol. The molecule has 182 valence electrons. The van der Waals surface area contributed by atoms with Crippen LogP contribution in [0.3, 0.4) is 0 Å². The van der Waals surface area contributed by atoms with Gasteiger partial charge in [0, 0.05) is 31.7 Å². The van der Waals surface area contributed by atoms with Gasteiger partial charge in [-0.25, -0.2) is 8.42 Å². The Kier molecular flexibility index (Phi) is 6.54. The molecule has 1 aliphatic heterocycles. The van der Waals surface area contributed by atoms with Crippen molar-refractivity contribution in [2.24, 2.45) is 0 Å². The largest absolute Gasteiger partial charge is 0.416 e. The van der Waals surface area contributed by atoms with Crippen LogP contribution in [0.25, 0.3) is 11.4 Å². The fourth-order valence-electron chi connectivity index (χ4n) is 3.97. The Labute approximate surface area is 196 Å². The summed E-state index contributed by atoms with van der Waals surface area (Å²) >= 11 is 0. The van der Waals surface area contributed by atoms with Crippen LogP contribution in [-0.2, 0) is 16.2 Å². The van der Waals surface area contributed by atoms with E-state index in [0.717, 1.165) is 17.7 Å². The van der Waals surface area contributed by atoms with Crippen molar-refractivity contribution < 1.29 is 26.1 Å². The number of benzene rings is 2. The molecule has 0 amide bonds. The number of alkyl halides is 3. The lowest BCUT2D eigenvalue weighted by Crippen LogP contribution is -2.49. The predicted octanol–water partition coefficient (Wildman–Crippen LogP) is 4.44. The van der Waals surface area contributed by atoms with E-state index in [1.54, 1.807) is 19.1 Å². The van der Waals surface area contributed by atoms with Crippen LogP contribution in [0, 0.1) is 13.8 Å². The van der Waals surface area contributed by atoms with E-state index in [2.05, 4.69) is 10.1 Å². The lowest BCUT2D eigenvalue weighted by Gasteiger charge is -2.36. The van der Waals surface area contributed by atoms with Gasteiger partial charge < -0.3 is 4.52 Å². The van der Waals surface area contributed by atoms with E-state index in [1.807, 2.05) is 24.8 Å². The number of halogens is 3. The number of aromatic nitrogens is 2. The van der Waals surface area contributed by atoms with Crippen molar-refractivity contribution in [3.05, 3.63) is 65.0 Å². The molecule has 1 atom stereocenters. The third kappa shape index (κ3) is 4.86. The van der Waals surface area contributed by atoms with Gasteiger partial charge in [0.1, 0.15) is 0 Å². The van der Waals surface area contributed by atoms with Crippen molar-refractivity contribution in [3.8, 4) is 11.4 Å². The van der Waals surface area contributed by atoms with Gasteiger partial charge in [0.2, 0.25) is 21.7 Å². The van der Waals surface area contributed by atoms with Crippen LogP contribution in [0.15, 0.2) is 51.9 Å². The topological polar surface area (TPSA) is 79.5 Å². The molecule has 4 rings (SSSR count). The highest BCUT2D eigenvalue weighted by Crippen LogP contribution is 2.32. The first-order valence-electron chi connectivity index (χ1n) is 10.8. The lowest BCUT2D eigenvalue weighted by molar-refractivity contribution is -0.137. The zero-order valence-corrected chi connectivity index (χ0v) is 19.8. The van der Waals surface area contributed by atoms with Gasteiger partial charge >= 0.3 is 6.18 Å². The fourth-order valence-corrected chi connectivity index (χ4v) is 5.70. The molecule has 0 bridgehead atoms. The summed E-state index contributed by atoms with van der Waals surface area (Å²) in [7, 11) is -3.61. The van der Waals surface area contributed by atoms with Gasteiger partial charge in [-0.2, -0.15) is 22.5 Å². The monoisotopic (exact) mass is 494 g/mol. The molecule has 34 heavy (non-hydrogen) atoms. The van der Waals surface area contributed by atoms with E-state index in [1.165, 1.54) is 16.4 Å². The summed E-state index contributed by atoms with van der Waals surface area (Å²) in [6, 6.07) is 9.81. The molecule has 2 aromatic carbocycles. The molecule has 2 heterocycles. The molecule has 11 heteroatoms. The predicted molar refractivity (Wildman–Crippen MR) is 119 cm³/mol. The molecule has 1 aromatic heterocycles. The average Bonchev–Trinajstić information content (AvgIpc) is 3.30. The van der Waals surface area contributed by atoms with Crippen molar-refractivity contribution in [1.29, 1.82) is 0 Å². The van der Waals surface area contributed by atoms with Gasteiger partial charge in [-0.15, -0.1) is 0 Å². The zero-order chi connectivity index (χ0) is 24.7. The van der Waals surface area contributed by atoms with E-state index < -0.39 is 21.8 Å². The number of hydrogen-bond acceptors (Lipinski definition) is 6. The van der Waals surface area contributed by atoms with Gasteiger partial charge in [-0.1, -0.05) is 29.4 Å². The molecule has 0 spiro atoms. The van der Waals surface area contributed by atoms with Crippen molar-refractivity contribution in [3.63, 3.8) is 0 Å². The van der Waals surface area contributed by atoms with Gasteiger partial charge in [-0.05, 0) is 50.1 Å². The molecule has 1 aliphatic rings. The molecule has 0 aliphatic carbocycles. The van der Waals surface area contributed by atoms with E-state index in [9.17, 15) is 21.6 Å². The molecule has 3 aromatic rings. The maximum atomic E-state index is 13.2. The molecule has 1 saturated heterocycles. The molecule has 1 unspecified atom stereocenters. The van der Waals surface area contributed by atoms with Crippen LogP contribution >= 0.6 is 0 Å². The van der Waals surface area contributed by atoms with Crippen LogP contribution in [0.1, 0.15) is 35.5 Å². The standard InChI is InChI=1S/C23H25F3N4O3S/c1-15-7-8-16(2)20(13-15)34(31,32)30-11-9-29(10-12-30)17(3)22-27-21(28-33-22)18-5-4-6-19(14-18)23(24,25)26/h4-8,13-14,17H,9-12H2,1-3H3. The molecular formula is C23H25F3N4O3S. The number of aryl methyl sites for hydroxylation is 2. The van der Waals surface area contributed by atoms with Crippen LogP contribution in [-0.4, -0.2) is 53.9 Å². The number of hydrogen-bond donors (Lipinski definition) is 0. The Bertz CT molecular complexity index is 1280. The highest BCUT2D eigenvalue weighted by Gasteiger charge is 2.33. The summed E-state index contributed by atoms with van der Waals surface area (Å²) < 4.78 is 72.1. The number of piperazine rings is 1. The third-order valence-corrected chi connectivity index (χ3v) is 8.07. The molecule has 0 saturated carbocycles. The van der Waals surface area contributed by atoms with Crippen molar-refractivity contribution >= 4 is 10.0 Å². The van der Waals surface area contributed by atoms with Crippen LogP contribution in [0.2, 0.25) is 0 Å². The highest BCUT2D eigenvalue weighted by molar-refractivity contribution is 7.89. The first-order chi connectivity index (χ1) is 16.0. The van der Waals surface area contributed by atoms with E-state index >= 15 is 0 Å². The third-order valence-electron chi connectivity index (χ3n) is 6.03. The summed E-state index contributed by atoms with van der Waals surface area (Å²) in [5.41, 5.74) is 1.01. The SMILES string of the molecule is Cc1ccc(C)c(S(=O)(=O)N2CCN(C(C)c3nc(-c4cccc(C(F)(F)F)c4)no3)CC2)c1. The summed E-state index contributed by atoms with van der Waals surface area (Å²) in [6.45, 7) is 6.99. The van der Waals surface area contributed by atoms with Crippen molar-refractivity contribution in [2.75, 3.05) is 26.2 Å². The zero-order valence-electron chi connectivity index (χ0n) is 19.0. The Morgan fingerprint density at radius 3 is 2.41 bits per heavy atom. The summed E-state index contributed by atoms with van der Waals surface area (Å²) in [5, 5.41) is 3.85. The molecule has 1 fully saturated rings. The second kappa shape index (κ2) is 9.12. The van der Waals surface area contributed by atoms with Crippen LogP contribution < -0.4 is 0 Å². The Morgan fingerprint density at radius 2 is 1.74 bits per heavy atom. The number of sulfonamides is 1. The quantitative estimate of drug-likeness (QED) is 0.522.